The summed E-state index contributed by atoms with van der Waals surface area (Å²) < 4.78 is 0. The first kappa shape index (κ1) is 13.9. The molecule has 1 aliphatic heterocycles. The summed E-state index contributed by atoms with van der Waals surface area (Å²) in [7, 11) is 0. The molecule has 102 valence electrons. The van der Waals surface area contributed by atoms with Gasteiger partial charge in [0, 0.05) is 6.04 Å². The van der Waals surface area contributed by atoms with Crippen LogP contribution >= 0.6 is 0 Å². The van der Waals surface area contributed by atoms with Crippen molar-refractivity contribution in [3.05, 3.63) is 0 Å². The molecule has 0 spiro atoms. The first-order chi connectivity index (χ1) is 8.58. The van der Waals surface area contributed by atoms with Gasteiger partial charge < -0.3 is 0 Å². The lowest BCUT2D eigenvalue weighted by Crippen LogP contribution is -2.45. The van der Waals surface area contributed by atoms with E-state index in [1.807, 2.05) is 0 Å². The fourth-order valence-electron chi connectivity index (χ4n) is 3.77. The summed E-state index contributed by atoms with van der Waals surface area (Å²) in [5.41, 5.74) is 0.443. The van der Waals surface area contributed by atoms with Crippen LogP contribution in [-0.2, 0) is 0 Å². The molecule has 1 heterocycles. The normalized spacial score (nSPS) is 34.4. The standard InChI is InChI=1S/C16H28N2/c1-4-16(2,3)14-8-7-13(12-17)15(11-14)18-9-5-6-10-18/h13-15H,4-11H2,1-3H3. The van der Waals surface area contributed by atoms with Crippen LogP contribution in [0.4, 0.5) is 0 Å². The van der Waals surface area contributed by atoms with Crippen molar-refractivity contribution < 1.29 is 0 Å². The van der Waals surface area contributed by atoms with E-state index in [0.29, 0.717) is 11.5 Å². The molecule has 0 N–H and O–H groups in total. The van der Waals surface area contributed by atoms with Gasteiger partial charge in [-0.25, -0.2) is 0 Å². The highest BCUT2D eigenvalue weighted by Crippen LogP contribution is 2.43. The predicted molar refractivity (Wildman–Crippen MR) is 75.1 cm³/mol. The monoisotopic (exact) mass is 248 g/mol. The topological polar surface area (TPSA) is 27.0 Å². The fourth-order valence-corrected chi connectivity index (χ4v) is 3.77. The van der Waals surface area contributed by atoms with Crippen molar-refractivity contribution >= 4 is 0 Å². The smallest absolute Gasteiger partial charge is 0.0672 e. The van der Waals surface area contributed by atoms with Crippen LogP contribution in [0.25, 0.3) is 0 Å². The third-order valence-electron chi connectivity index (χ3n) is 5.61. The van der Waals surface area contributed by atoms with E-state index < -0.39 is 0 Å². The van der Waals surface area contributed by atoms with Crippen LogP contribution in [0.1, 0.15) is 59.3 Å². The van der Waals surface area contributed by atoms with Crippen molar-refractivity contribution in [3.8, 4) is 6.07 Å². The first-order valence-corrected chi connectivity index (χ1v) is 7.72. The van der Waals surface area contributed by atoms with Gasteiger partial charge in [-0.15, -0.1) is 0 Å². The molecule has 2 nitrogen and oxygen atoms in total. The summed E-state index contributed by atoms with van der Waals surface area (Å²) in [6, 6.07) is 3.12. The summed E-state index contributed by atoms with van der Waals surface area (Å²) in [5.74, 6) is 1.09. The van der Waals surface area contributed by atoms with Crippen LogP contribution in [0.15, 0.2) is 0 Å². The minimum absolute atomic E-state index is 0.284. The molecule has 2 rings (SSSR count). The molecule has 2 fully saturated rings. The molecule has 1 saturated carbocycles. The Morgan fingerprint density at radius 3 is 2.44 bits per heavy atom. The maximum atomic E-state index is 9.39. The average Bonchev–Trinajstić information content (AvgIpc) is 2.91. The van der Waals surface area contributed by atoms with Crippen molar-refractivity contribution in [3.63, 3.8) is 0 Å². The molecular weight excluding hydrogens is 220 g/mol. The van der Waals surface area contributed by atoms with Crippen LogP contribution in [0.5, 0.6) is 0 Å². The first-order valence-electron chi connectivity index (χ1n) is 7.72. The Balaban J connectivity index is 2.07. The predicted octanol–water partition coefficient (Wildman–Crippen LogP) is 3.83. The lowest BCUT2D eigenvalue weighted by Gasteiger charge is -2.44. The Bertz CT molecular complexity index is 310. The van der Waals surface area contributed by atoms with Gasteiger partial charge >= 0.3 is 0 Å². The van der Waals surface area contributed by atoms with Gasteiger partial charge in [0.05, 0.1) is 12.0 Å². The van der Waals surface area contributed by atoms with Crippen molar-refractivity contribution in [2.75, 3.05) is 13.1 Å². The maximum absolute atomic E-state index is 9.39. The summed E-state index contributed by atoms with van der Waals surface area (Å²) in [4.78, 5) is 2.60. The van der Waals surface area contributed by atoms with Gasteiger partial charge in [-0.05, 0) is 56.5 Å². The quantitative estimate of drug-likeness (QED) is 0.759. The lowest BCUT2D eigenvalue weighted by molar-refractivity contribution is 0.0637. The Hall–Kier alpha value is -0.550. The number of hydrogen-bond acceptors (Lipinski definition) is 2. The molecular formula is C16H28N2. The van der Waals surface area contributed by atoms with E-state index in [4.69, 9.17) is 0 Å². The zero-order valence-corrected chi connectivity index (χ0v) is 12.3. The van der Waals surface area contributed by atoms with Gasteiger partial charge in [-0.2, -0.15) is 5.26 Å². The third-order valence-corrected chi connectivity index (χ3v) is 5.61. The molecule has 0 aromatic rings. The Labute approximate surface area is 112 Å². The highest BCUT2D eigenvalue weighted by atomic mass is 15.2. The van der Waals surface area contributed by atoms with Crippen molar-refractivity contribution in [1.82, 2.24) is 4.90 Å². The van der Waals surface area contributed by atoms with E-state index in [1.165, 1.54) is 45.2 Å². The molecule has 2 aliphatic rings. The number of nitrogens with zero attached hydrogens (tertiary/aromatic N) is 2. The summed E-state index contributed by atoms with van der Waals surface area (Å²) in [5, 5.41) is 9.39. The Kier molecular flexibility index (Phi) is 4.33. The van der Waals surface area contributed by atoms with Crippen LogP contribution in [-0.4, -0.2) is 24.0 Å². The minimum Gasteiger partial charge on any atom is -0.299 e. The van der Waals surface area contributed by atoms with E-state index in [-0.39, 0.29) is 5.92 Å². The molecule has 1 saturated heterocycles. The lowest BCUT2D eigenvalue weighted by atomic mass is 9.66. The van der Waals surface area contributed by atoms with E-state index in [1.54, 1.807) is 0 Å². The van der Waals surface area contributed by atoms with Crippen LogP contribution in [0.2, 0.25) is 0 Å². The SMILES string of the molecule is CCC(C)(C)C1CCC(C#N)C(N2CCCC2)C1. The molecule has 0 radical (unpaired) electrons. The molecule has 2 heteroatoms. The minimum atomic E-state index is 0.284. The second-order valence-corrected chi connectivity index (χ2v) is 6.90. The molecule has 0 amide bonds. The molecule has 18 heavy (non-hydrogen) atoms. The van der Waals surface area contributed by atoms with Gasteiger partial charge in [0.25, 0.3) is 0 Å². The van der Waals surface area contributed by atoms with Gasteiger partial charge in [0.1, 0.15) is 0 Å². The number of rotatable bonds is 3. The Morgan fingerprint density at radius 2 is 1.89 bits per heavy atom. The number of hydrogen-bond donors (Lipinski definition) is 0. The molecule has 3 atom stereocenters. The van der Waals surface area contributed by atoms with E-state index in [2.05, 4.69) is 31.7 Å². The fraction of sp³-hybridized carbons (Fsp3) is 0.938. The molecule has 1 aliphatic carbocycles. The summed E-state index contributed by atoms with van der Waals surface area (Å²) in [6.45, 7) is 9.57. The van der Waals surface area contributed by atoms with Gasteiger partial charge in [0.2, 0.25) is 0 Å². The third kappa shape index (κ3) is 2.72. The van der Waals surface area contributed by atoms with Crippen LogP contribution < -0.4 is 0 Å². The zero-order valence-electron chi connectivity index (χ0n) is 12.3. The van der Waals surface area contributed by atoms with E-state index >= 15 is 0 Å². The number of nitriles is 1. The molecule has 0 bridgehead atoms. The molecule has 0 aromatic carbocycles. The van der Waals surface area contributed by atoms with Gasteiger partial charge in [-0.1, -0.05) is 27.2 Å². The van der Waals surface area contributed by atoms with Crippen LogP contribution in [0, 0.1) is 28.6 Å². The average molecular weight is 248 g/mol. The molecule has 3 unspecified atom stereocenters. The molecule has 0 aromatic heterocycles. The van der Waals surface area contributed by atoms with Gasteiger partial charge in [-0.3, -0.25) is 4.90 Å². The zero-order chi connectivity index (χ0) is 13.2. The maximum Gasteiger partial charge on any atom is 0.0672 e. The second-order valence-electron chi connectivity index (χ2n) is 6.90. The van der Waals surface area contributed by atoms with Crippen molar-refractivity contribution in [1.29, 1.82) is 5.26 Å². The highest BCUT2D eigenvalue weighted by Gasteiger charge is 2.40. The van der Waals surface area contributed by atoms with Crippen molar-refractivity contribution in [2.24, 2.45) is 17.3 Å². The summed E-state index contributed by atoms with van der Waals surface area (Å²) in [6.07, 6.45) is 7.53. The van der Waals surface area contributed by atoms with Crippen molar-refractivity contribution in [2.45, 2.75) is 65.3 Å². The van der Waals surface area contributed by atoms with E-state index in [0.717, 1.165) is 12.3 Å². The Morgan fingerprint density at radius 1 is 1.22 bits per heavy atom. The highest BCUT2D eigenvalue weighted by molar-refractivity contribution is 5.00. The summed E-state index contributed by atoms with van der Waals surface area (Å²) >= 11 is 0. The number of likely N-dealkylation sites (tertiary alicyclic amines) is 1. The second kappa shape index (κ2) is 5.61. The van der Waals surface area contributed by atoms with Crippen LogP contribution in [0.3, 0.4) is 0 Å². The largest absolute Gasteiger partial charge is 0.299 e. The van der Waals surface area contributed by atoms with E-state index in [9.17, 15) is 5.26 Å². The van der Waals surface area contributed by atoms with Gasteiger partial charge in [0.15, 0.2) is 0 Å².